The van der Waals surface area contributed by atoms with Gasteiger partial charge in [0.05, 0.1) is 5.56 Å². The Hall–Kier alpha value is -1.91. The zero-order chi connectivity index (χ0) is 14.7. The number of amides is 2. The summed E-state index contributed by atoms with van der Waals surface area (Å²) in [6.45, 7) is 5.20. The van der Waals surface area contributed by atoms with Crippen molar-refractivity contribution in [2.24, 2.45) is 5.92 Å². The highest BCUT2D eigenvalue weighted by atomic mass is 19.1. The molecule has 1 fully saturated rings. The number of carbonyl (C=O) groups is 2. The van der Waals surface area contributed by atoms with Crippen LogP contribution in [0.2, 0.25) is 0 Å². The maximum absolute atomic E-state index is 13.6. The third-order valence-electron chi connectivity index (χ3n) is 3.51. The van der Waals surface area contributed by atoms with Crippen LogP contribution in [0.3, 0.4) is 0 Å². The number of hydrogen-bond donors (Lipinski definition) is 1. The maximum atomic E-state index is 13.6. The molecule has 1 aromatic carbocycles. The van der Waals surface area contributed by atoms with Crippen LogP contribution in [-0.4, -0.2) is 35.8 Å². The second-order valence-corrected chi connectivity index (χ2v) is 5.35. The van der Waals surface area contributed by atoms with E-state index in [1.807, 2.05) is 13.8 Å². The van der Waals surface area contributed by atoms with Gasteiger partial charge in [0.25, 0.3) is 5.91 Å². The van der Waals surface area contributed by atoms with Gasteiger partial charge in [0.2, 0.25) is 5.91 Å². The summed E-state index contributed by atoms with van der Waals surface area (Å²) >= 11 is 0. The smallest absolute Gasteiger partial charge is 0.254 e. The quantitative estimate of drug-likeness (QED) is 0.913. The standard InChI is InChI=1S/C15H19FN2O2/c1-10(2)13(15(20)18-8-5-9-18)17-14(19)11-6-3-4-7-12(11)16/h3-4,6-7,10,13H,5,8-9H2,1-2H3,(H,17,19)/t13-/m0/s1. The topological polar surface area (TPSA) is 49.4 Å². The van der Waals surface area contributed by atoms with Crippen molar-refractivity contribution in [3.05, 3.63) is 35.6 Å². The van der Waals surface area contributed by atoms with Crippen molar-refractivity contribution >= 4 is 11.8 Å². The first-order chi connectivity index (χ1) is 9.50. The number of carbonyl (C=O) groups excluding carboxylic acids is 2. The van der Waals surface area contributed by atoms with Crippen molar-refractivity contribution in [3.8, 4) is 0 Å². The number of likely N-dealkylation sites (tertiary alicyclic amines) is 1. The van der Waals surface area contributed by atoms with Crippen LogP contribution in [0, 0.1) is 11.7 Å². The number of benzene rings is 1. The van der Waals surface area contributed by atoms with Crippen LogP contribution >= 0.6 is 0 Å². The first-order valence-electron chi connectivity index (χ1n) is 6.85. The Morgan fingerprint density at radius 3 is 2.40 bits per heavy atom. The summed E-state index contributed by atoms with van der Waals surface area (Å²) in [6, 6.07) is 5.16. The van der Waals surface area contributed by atoms with Gasteiger partial charge in [-0.1, -0.05) is 26.0 Å². The highest BCUT2D eigenvalue weighted by Crippen LogP contribution is 2.14. The summed E-state index contributed by atoms with van der Waals surface area (Å²) in [5.74, 6) is -1.26. The van der Waals surface area contributed by atoms with Crippen LogP contribution in [-0.2, 0) is 4.79 Å². The van der Waals surface area contributed by atoms with Crippen molar-refractivity contribution in [2.45, 2.75) is 26.3 Å². The minimum Gasteiger partial charge on any atom is -0.341 e. The molecule has 5 heteroatoms. The van der Waals surface area contributed by atoms with Crippen molar-refractivity contribution in [1.29, 1.82) is 0 Å². The van der Waals surface area contributed by atoms with Gasteiger partial charge in [-0.2, -0.15) is 0 Å². The minimum atomic E-state index is -0.609. The van der Waals surface area contributed by atoms with Gasteiger partial charge in [0.1, 0.15) is 11.9 Å². The lowest BCUT2D eigenvalue weighted by atomic mass is 10.0. The van der Waals surface area contributed by atoms with Crippen LogP contribution in [0.1, 0.15) is 30.6 Å². The van der Waals surface area contributed by atoms with Crippen LogP contribution < -0.4 is 5.32 Å². The lowest BCUT2D eigenvalue weighted by molar-refractivity contribution is -0.137. The Labute approximate surface area is 118 Å². The van der Waals surface area contributed by atoms with E-state index in [0.29, 0.717) is 0 Å². The lowest BCUT2D eigenvalue weighted by Crippen LogP contribution is -2.55. The molecule has 0 radical (unpaired) electrons. The van der Waals surface area contributed by atoms with Gasteiger partial charge in [-0.05, 0) is 24.5 Å². The molecule has 1 atom stereocenters. The molecule has 1 saturated heterocycles. The van der Waals surface area contributed by atoms with Crippen molar-refractivity contribution < 1.29 is 14.0 Å². The molecule has 1 aliphatic heterocycles. The first-order valence-corrected chi connectivity index (χ1v) is 6.85. The van der Waals surface area contributed by atoms with E-state index in [0.717, 1.165) is 19.5 Å². The van der Waals surface area contributed by atoms with E-state index in [9.17, 15) is 14.0 Å². The zero-order valence-corrected chi connectivity index (χ0v) is 11.7. The lowest BCUT2D eigenvalue weighted by Gasteiger charge is -2.35. The van der Waals surface area contributed by atoms with E-state index < -0.39 is 17.8 Å². The summed E-state index contributed by atoms with van der Waals surface area (Å²) in [4.78, 5) is 26.0. The second-order valence-electron chi connectivity index (χ2n) is 5.35. The van der Waals surface area contributed by atoms with Crippen molar-refractivity contribution in [1.82, 2.24) is 10.2 Å². The number of rotatable bonds is 4. The summed E-state index contributed by atoms with van der Waals surface area (Å²) in [6.07, 6.45) is 0.998. The van der Waals surface area contributed by atoms with E-state index in [2.05, 4.69) is 5.32 Å². The molecule has 0 aromatic heterocycles. The molecule has 0 bridgehead atoms. The van der Waals surface area contributed by atoms with Crippen LogP contribution in [0.15, 0.2) is 24.3 Å². The van der Waals surface area contributed by atoms with Crippen LogP contribution in [0.4, 0.5) is 4.39 Å². The highest BCUT2D eigenvalue weighted by molar-refractivity contribution is 5.97. The Morgan fingerprint density at radius 1 is 1.25 bits per heavy atom. The molecular formula is C15H19FN2O2. The third-order valence-corrected chi connectivity index (χ3v) is 3.51. The third kappa shape index (κ3) is 2.98. The van der Waals surface area contributed by atoms with Gasteiger partial charge in [0, 0.05) is 13.1 Å². The molecule has 2 rings (SSSR count). The second kappa shape index (κ2) is 6.03. The molecule has 2 amide bonds. The zero-order valence-electron chi connectivity index (χ0n) is 11.7. The van der Waals surface area contributed by atoms with Gasteiger partial charge in [0.15, 0.2) is 0 Å². The van der Waals surface area contributed by atoms with Gasteiger partial charge in [-0.15, -0.1) is 0 Å². The normalized spacial score (nSPS) is 15.7. The molecule has 1 N–H and O–H groups in total. The number of hydrogen-bond acceptors (Lipinski definition) is 2. The molecule has 0 saturated carbocycles. The summed E-state index contributed by atoms with van der Waals surface area (Å²) in [7, 11) is 0. The van der Waals surface area contributed by atoms with E-state index in [1.54, 1.807) is 11.0 Å². The minimum absolute atomic E-state index is 0.0328. The number of halogens is 1. The van der Waals surface area contributed by atoms with Crippen LogP contribution in [0.25, 0.3) is 0 Å². The van der Waals surface area contributed by atoms with Crippen LogP contribution in [0.5, 0.6) is 0 Å². The Balaban J connectivity index is 2.10. The fourth-order valence-corrected chi connectivity index (χ4v) is 2.11. The predicted octanol–water partition coefficient (Wildman–Crippen LogP) is 1.81. The molecular weight excluding hydrogens is 259 g/mol. The first kappa shape index (κ1) is 14.5. The summed E-state index contributed by atoms with van der Waals surface area (Å²) < 4.78 is 13.6. The molecule has 1 heterocycles. The largest absolute Gasteiger partial charge is 0.341 e. The van der Waals surface area contributed by atoms with E-state index in [4.69, 9.17) is 0 Å². The van der Waals surface area contributed by atoms with Crippen molar-refractivity contribution in [3.63, 3.8) is 0 Å². The molecule has 1 aromatic rings. The Kier molecular flexibility index (Phi) is 4.37. The molecule has 20 heavy (non-hydrogen) atoms. The number of nitrogens with zero attached hydrogens (tertiary/aromatic N) is 1. The number of nitrogens with one attached hydrogen (secondary N) is 1. The van der Waals surface area contributed by atoms with E-state index in [1.165, 1.54) is 18.2 Å². The van der Waals surface area contributed by atoms with E-state index in [-0.39, 0.29) is 17.4 Å². The Morgan fingerprint density at radius 2 is 1.90 bits per heavy atom. The summed E-state index contributed by atoms with van der Waals surface area (Å²) in [5.41, 5.74) is -0.0328. The Bertz CT molecular complexity index is 512. The molecule has 108 valence electrons. The van der Waals surface area contributed by atoms with Gasteiger partial charge in [-0.3, -0.25) is 9.59 Å². The van der Waals surface area contributed by atoms with E-state index >= 15 is 0 Å². The molecule has 0 aliphatic carbocycles. The molecule has 0 spiro atoms. The molecule has 1 aliphatic rings. The SMILES string of the molecule is CC(C)[C@H](NC(=O)c1ccccc1F)C(=O)N1CCC1. The monoisotopic (exact) mass is 278 g/mol. The van der Waals surface area contributed by atoms with Gasteiger partial charge < -0.3 is 10.2 Å². The highest BCUT2D eigenvalue weighted by Gasteiger charge is 2.31. The predicted molar refractivity (Wildman–Crippen MR) is 73.7 cm³/mol. The fraction of sp³-hybridized carbons (Fsp3) is 0.467. The summed E-state index contributed by atoms with van der Waals surface area (Å²) in [5, 5.41) is 2.65. The van der Waals surface area contributed by atoms with Gasteiger partial charge in [-0.25, -0.2) is 4.39 Å². The average molecular weight is 278 g/mol. The van der Waals surface area contributed by atoms with Crippen molar-refractivity contribution in [2.75, 3.05) is 13.1 Å². The fourth-order valence-electron chi connectivity index (χ4n) is 2.11. The van der Waals surface area contributed by atoms with Gasteiger partial charge >= 0.3 is 0 Å². The molecule has 0 unspecified atom stereocenters. The molecule has 4 nitrogen and oxygen atoms in total. The maximum Gasteiger partial charge on any atom is 0.254 e. The average Bonchev–Trinajstić information content (AvgIpc) is 2.33.